The number of halogens is 1. The summed E-state index contributed by atoms with van der Waals surface area (Å²) in [5.41, 5.74) is 1.65. The number of benzene rings is 1. The number of hydrogen-bond donors (Lipinski definition) is 0. The molecular weight excluding hydrogens is 200 g/mol. The van der Waals surface area contributed by atoms with Crippen LogP contribution in [-0.2, 0) is 4.79 Å². The third-order valence-electron chi connectivity index (χ3n) is 1.88. The van der Waals surface area contributed by atoms with Crippen molar-refractivity contribution in [3.8, 4) is 0 Å². The van der Waals surface area contributed by atoms with Gasteiger partial charge in [-0.05, 0) is 6.92 Å². The predicted molar refractivity (Wildman–Crippen MR) is 55.9 cm³/mol. The third kappa shape index (κ3) is 2.96. The lowest BCUT2D eigenvalue weighted by molar-refractivity contribution is -0.115. The lowest BCUT2D eigenvalue weighted by Crippen LogP contribution is -2.08. The molecule has 0 aliphatic rings. The van der Waals surface area contributed by atoms with Crippen LogP contribution in [-0.4, -0.2) is 17.4 Å². The van der Waals surface area contributed by atoms with Gasteiger partial charge < -0.3 is 0 Å². The van der Waals surface area contributed by atoms with Crippen LogP contribution in [0.1, 0.15) is 22.3 Å². The van der Waals surface area contributed by atoms with Gasteiger partial charge in [0, 0.05) is 5.56 Å². The number of hydrogen-bond acceptors (Lipinski definition) is 2. The predicted octanol–water partition coefficient (Wildman–Crippen LogP) is 2.38. The van der Waals surface area contributed by atoms with Gasteiger partial charge >= 0.3 is 0 Å². The SMILES string of the molecule is Cc1ccc(C(=O)CC(=O)CCl)cc1. The summed E-state index contributed by atoms with van der Waals surface area (Å²) in [6.07, 6.45) is -0.105. The van der Waals surface area contributed by atoms with Crippen molar-refractivity contribution in [2.75, 3.05) is 5.88 Å². The molecule has 0 aromatic heterocycles. The van der Waals surface area contributed by atoms with Gasteiger partial charge in [0.1, 0.15) is 0 Å². The summed E-state index contributed by atoms with van der Waals surface area (Å²) >= 11 is 5.31. The van der Waals surface area contributed by atoms with Crippen LogP contribution in [0.4, 0.5) is 0 Å². The normalized spacial score (nSPS) is 9.86. The summed E-state index contributed by atoms with van der Waals surface area (Å²) in [6, 6.07) is 7.13. The minimum Gasteiger partial charge on any atom is -0.298 e. The first-order valence-electron chi connectivity index (χ1n) is 4.31. The number of carbonyl (C=O) groups excluding carboxylic acids is 2. The second-order valence-corrected chi connectivity index (χ2v) is 3.41. The van der Waals surface area contributed by atoms with Crippen LogP contribution in [0.25, 0.3) is 0 Å². The van der Waals surface area contributed by atoms with Crippen molar-refractivity contribution in [1.82, 2.24) is 0 Å². The van der Waals surface area contributed by atoms with Gasteiger partial charge in [-0.2, -0.15) is 0 Å². The molecule has 0 radical (unpaired) electrons. The van der Waals surface area contributed by atoms with Crippen molar-refractivity contribution >= 4 is 23.2 Å². The summed E-state index contributed by atoms with van der Waals surface area (Å²) < 4.78 is 0. The van der Waals surface area contributed by atoms with Crippen LogP contribution in [0.5, 0.6) is 0 Å². The van der Waals surface area contributed by atoms with E-state index in [0.29, 0.717) is 5.56 Å². The fraction of sp³-hybridized carbons (Fsp3) is 0.273. The Hall–Kier alpha value is -1.15. The van der Waals surface area contributed by atoms with Crippen molar-refractivity contribution in [2.24, 2.45) is 0 Å². The molecule has 0 amide bonds. The molecule has 0 bridgehead atoms. The lowest BCUT2D eigenvalue weighted by Gasteiger charge is -1.99. The van der Waals surface area contributed by atoms with Crippen LogP contribution < -0.4 is 0 Å². The molecule has 0 fully saturated rings. The van der Waals surface area contributed by atoms with Crippen LogP contribution in [0, 0.1) is 6.92 Å². The summed E-state index contributed by atoms with van der Waals surface area (Å²) in [6.45, 7) is 1.94. The Morgan fingerprint density at radius 2 is 1.79 bits per heavy atom. The first-order chi connectivity index (χ1) is 6.63. The van der Waals surface area contributed by atoms with Gasteiger partial charge in [0.2, 0.25) is 0 Å². The molecule has 74 valence electrons. The van der Waals surface area contributed by atoms with E-state index in [4.69, 9.17) is 11.6 Å². The molecular formula is C11H11ClO2. The molecule has 0 saturated heterocycles. The highest BCUT2D eigenvalue weighted by atomic mass is 35.5. The smallest absolute Gasteiger partial charge is 0.170 e. The molecule has 14 heavy (non-hydrogen) atoms. The molecule has 0 spiro atoms. The van der Waals surface area contributed by atoms with Crippen molar-refractivity contribution in [1.29, 1.82) is 0 Å². The minimum absolute atomic E-state index is 0.0996. The number of rotatable bonds is 4. The average molecular weight is 211 g/mol. The van der Waals surface area contributed by atoms with Gasteiger partial charge in [0.25, 0.3) is 0 Å². The molecule has 0 heterocycles. The molecule has 0 unspecified atom stereocenters. The fourth-order valence-corrected chi connectivity index (χ4v) is 1.16. The van der Waals surface area contributed by atoms with E-state index in [2.05, 4.69) is 0 Å². The minimum atomic E-state index is -0.239. The van der Waals surface area contributed by atoms with Crippen LogP contribution in [0.2, 0.25) is 0 Å². The maximum atomic E-state index is 11.4. The Labute approximate surface area is 87.9 Å². The highest BCUT2D eigenvalue weighted by Crippen LogP contribution is 2.06. The Morgan fingerprint density at radius 1 is 1.21 bits per heavy atom. The van der Waals surface area contributed by atoms with E-state index in [1.54, 1.807) is 12.1 Å². The van der Waals surface area contributed by atoms with E-state index in [1.165, 1.54) is 0 Å². The number of carbonyl (C=O) groups is 2. The van der Waals surface area contributed by atoms with Crippen LogP contribution in [0.3, 0.4) is 0 Å². The number of Topliss-reactive ketones (excluding diaryl/α,β-unsaturated/α-hetero) is 2. The van der Waals surface area contributed by atoms with E-state index < -0.39 is 0 Å². The topological polar surface area (TPSA) is 34.1 Å². The van der Waals surface area contributed by atoms with Crippen molar-refractivity contribution in [3.05, 3.63) is 35.4 Å². The van der Waals surface area contributed by atoms with E-state index in [0.717, 1.165) is 5.56 Å². The van der Waals surface area contributed by atoms with Gasteiger partial charge in [0.05, 0.1) is 12.3 Å². The van der Waals surface area contributed by atoms with E-state index in [9.17, 15) is 9.59 Å². The molecule has 1 aromatic carbocycles. The van der Waals surface area contributed by atoms with E-state index in [1.807, 2.05) is 19.1 Å². The number of ketones is 2. The Bertz CT molecular complexity index is 341. The summed E-state index contributed by atoms with van der Waals surface area (Å²) in [5, 5.41) is 0. The second kappa shape index (κ2) is 4.91. The van der Waals surface area contributed by atoms with Crippen LogP contribution >= 0.6 is 11.6 Å². The zero-order valence-corrected chi connectivity index (χ0v) is 8.67. The second-order valence-electron chi connectivity index (χ2n) is 3.14. The monoisotopic (exact) mass is 210 g/mol. The zero-order valence-electron chi connectivity index (χ0n) is 7.92. The standard InChI is InChI=1S/C11H11ClO2/c1-8-2-4-9(5-3-8)11(14)6-10(13)7-12/h2-5H,6-7H2,1H3. The van der Waals surface area contributed by atoms with E-state index in [-0.39, 0.29) is 23.9 Å². The molecule has 0 saturated carbocycles. The highest BCUT2D eigenvalue weighted by molar-refractivity contribution is 6.29. The van der Waals surface area contributed by atoms with Crippen molar-refractivity contribution < 1.29 is 9.59 Å². The molecule has 0 atom stereocenters. The number of aryl methyl sites for hydroxylation is 1. The molecule has 1 aromatic rings. The zero-order chi connectivity index (χ0) is 10.6. The Kier molecular flexibility index (Phi) is 3.84. The maximum absolute atomic E-state index is 11.4. The third-order valence-corrected chi connectivity index (χ3v) is 2.18. The van der Waals surface area contributed by atoms with E-state index >= 15 is 0 Å². The molecule has 2 nitrogen and oxygen atoms in total. The first-order valence-corrected chi connectivity index (χ1v) is 4.84. The summed E-state index contributed by atoms with van der Waals surface area (Å²) in [4.78, 5) is 22.4. The summed E-state index contributed by atoms with van der Waals surface area (Å²) in [5.74, 6) is -0.509. The Morgan fingerprint density at radius 3 is 2.29 bits per heavy atom. The maximum Gasteiger partial charge on any atom is 0.170 e. The van der Waals surface area contributed by atoms with Gasteiger partial charge in [-0.15, -0.1) is 11.6 Å². The van der Waals surface area contributed by atoms with Crippen molar-refractivity contribution in [3.63, 3.8) is 0 Å². The van der Waals surface area contributed by atoms with Gasteiger partial charge in [-0.25, -0.2) is 0 Å². The first kappa shape index (κ1) is 10.9. The molecule has 1 rings (SSSR count). The largest absolute Gasteiger partial charge is 0.298 e. The quantitative estimate of drug-likeness (QED) is 0.435. The molecule has 0 N–H and O–H groups in total. The molecule has 0 aliphatic heterocycles. The molecule has 0 aliphatic carbocycles. The van der Waals surface area contributed by atoms with Gasteiger partial charge in [-0.3, -0.25) is 9.59 Å². The fourth-order valence-electron chi connectivity index (χ4n) is 1.07. The molecule has 3 heteroatoms. The van der Waals surface area contributed by atoms with Crippen LogP contribution in [0.15, 0.2) is 24.3 Å². The highest BCUT2D eigenvalue weighted by Gasteiger charge is 2.10. The van der Waals surface area contributed by atoms with Gasteiger partial charge in [-0.1, -0.05) is 29.8 Å². The summed E-state index contributed by atoms with van der Waals surface area (Å²) in [7, 11) is 0. The van der Waals surface area contributed by atoms with Crippen molar-refractivity contribution in [2.45, 2.75) is 13.3 Å². The van der Waals surface area contributed by atoms with Gasteiger partial charge in [0.15, 0.2) is 11.6 Å². The lowest BCUT2D eigenvalue weighted by atomic mass is 10.1. The Balaban J connectivity index is 2.70. The number of alkyl halides is 1. The average Bonchev–Trinajstić information content (AvgIpc) is 2.18.